The lowest BCUT2D eigenvalue weighted by atomic mass is 9.73. The Hall–Kier alpha value is -2.59. The van der Waals surface area contributed by atoms with E-state index in [1.165, 1.54) is 12.3 Å². The molecule has 5 rings (SSSR count). The van der Waals surface area contributed by atoms with Crippen LogP contribution in [0.15, 0.2) is 46.7 Å². The Kier molecular flexibility index (Phi) is 4.70. The van der Waals surface area contributed by atoms with Gasteiger partial charge in [0.25, 0.3) is 0 Å². The van der Waals surface area contributed by atoms with E-state index in [2.05, 4.69) is 20.0 Å². The van der Waals surface area contributed by atoms with Crippen LogP contribution < -0.4 is 10.6 Å². The van der Waals surface area contributed by atoms with Crippen molar-refractivity contribution in [2.24, 2.45) is 11.1 Å². The molecule has 1 aromatic carbocycles. The van der Waals surface area contributed by atoms with Crippen molar-refractivity contribution in [3.63, 3.8) is 0 Å². The number of anilines is 1. The van der Waals surface area contributed by atoms with E-state index in [4.69, 9.17) is 5.73 Å². The summed E-state index contributed by atoms with van der Waals surface area (Å²) < 4.78 is 42.3. The highest BCUT2D eigenvalue weighted by Gasteiger charge is 2.46. The summed E-state index contributed by atoms with van der Waals surface area (Å²) in [5.41, 5.74) is 7.63. The Morgan fingerprint density at radius 1 is 1.03 bits per heavy atom. The minimum atomic E-state index is -1.49. The molecule has 3 aromatic rings. The van der Waals surface area contributed by atoms with Crippen LogP contribution in [0.3, 0.4) is 0 Å². The summed E-state index contributed by atoms with van der Waals surface area (Å²) >= 11 is 0.902. The van der Waals surface area contributed by atoms with Crippen LogP contribution in [0.5, 0.6) is 0 Å². The van der Waals surface area contributed by atoms with Crippen molar-refractivity contribution in [3.05, 3.63) is 59.9 Å². The summed E-state index contributed by atoms with van der Waals surface area (Å²) in [5, 5.41) is 4.76. The largest absolute Gasteiger partial charge is 0.355 e. The normalized spacial score (nSPS) is 20.0. The molecule has 30 heavy (non-hydrogen) atoms. The average molecular weight is 432 g/mol. The van der Waals surface area contributed by atoms with Gasteiger partial charge in [-0.05, 0) is 31.0 Å². The number of hydrogen-bond donors (Lipinski definition) is 1. The maximum absolute atomic E-state index is 13.9. The first kappa shape index (κ1) is 19.4. The van der Waals surface area contributed by atoms with E-state index >= 15 is 0 Å². The molecule has 156 valence electrons. The predicted octanol–water partition coefficient (Wildman–Crippen LogP) is 3.54. The van der Waals surface area contributed by atoms with E-state index in [-0.39, 0.29) is 16.4 Å². The number of nitrogens with two attached hydrogens (primary N) is 1. The Labute approximate surface area is 175 Å². The molecule has 2 aromatic heterocycles. The number of benzene rings is 1. The highest BCUT2D eigenvalue weighted by atomic mass is 32.2. The molecule has 0 aliphatic carbocycles. The lowest BCUT2D eigenvalue weighted by Gasteiger charge is -2.41. The minimum absolute atomic E-state index is 0.0157. The quantitative estimate of drug-likeness (QED) is 0.639. The highest BCUT2D eigenvalue weighted by Crippen LogP contribution is 2.47. The SMILES string of the molecule is N[C@@H]1c2ccnn2CC12CCN(c1cnc(Sc3ccc(F)c(F)c3F)cn1)CC2. The number of hydrogen-bond acceptors (Lipinski definition) is 6. The molecule has 6 nitrogen and oxygen atoms in total. The first-order valence-electron chi connectivity index (χ1n) is 9.62. The van der Waals surface area contributed by atoms with Crippen LogP contribution in [0.4, 0.5) is 19.0 Å². The van der Waals surface area contributed by atoms with Crippen LogP contribution in [-0.4, -0.2) is 32.8 Å². The maximum atomic E-state index is 13.9. The van der Waals surface area contributed by atoms with Gasteiger partial charge in [-0.3, -0.25) is 4.68 Å². The number of nitrogens with zero attached hydrogens (tertiary/aromatic N) is 5. The van der Waals surface area contributed by atoms with Gasteiger partial charge in [-0.25, -0.2) is 23.1 Å². The van der Waals surface area contributed by atoms with Gasteiger partial charge in [0, 0.05) is 31.2 Å². The summed E-state index contributed by atoms with van der Waals surface area (Å²) in [5.74, 6) is -3.20. The zero-order valence-electron chi connectivity index (χ0n) is 15.9. The van der Waals surface area contributed by atoms with Gasteiger partial charge in [0.15, 0.2) is 17.5 Å². The van der Waals surface area contributed by atoms with Crippen molar-refractivity contribution in [2.45, 2.75) is 35.3 Å². The molecule has 0 amide bonds. The van der Waals surface area contributed by atoms with Gasteiger partial charge in [-0.1, -0.05) is 11.8 Å². The molecule has 0 saturated carbocycles. The van der Waals surface area contributed by atoms with E-state index in [1.54, 1.807) is 12.4 Å². The van der Waals surface area contributed by atoms with Gasteiger partial charge in [0.2, 0.25) is 0 Å². The summed E-state index contributed by atoms with van der Waals surface area (Å²) in [4.78, 5) is 10.9. The van der Waals surface area contributed by atoms with E-state index in [9.17, 15) is 13.2 Å². The average Bonchev–Trinajstić information content (AvgIpc) is 3.31. The predicted molar refractivity (Wildman–Crippen MR) is 106 cm³/mol. The summed E-state index contributed by atoms with van der Waals surface area (Å²) in [6.07, 6.45) is 6.78. The third-order valence-corrected chi connectivity index (χ3v) is 7.06. The summed E-state index contributed by atoms with van der Waals surface area (Å²) in [6, 6.07) is 4.06. The van der Waals surface area contributed by atoms with E-state index in [0.717, 1.165) is 61.8 Å². The molecule has 1 atom stereocenters. The van der Waals surface area contributed by atoms with E-state index < -0.39 is 17.5 Å². The first-order valence-corrected chi connectivity index (χ1v) is 10.4. The van der Waals surface area contributed by atoms with Crippen molar-refractivity contribution in [1.82, 2.24) is 19.7 Å². The molecular weight excluding hydrogens is 413 g/mol. The van der Waals surface area contributed by atoms with E-state index in [0.29, 0.717) is 5.03 Å². The van der Waals surface area contributed by atoms with Crippen LogP contribution in [0.25, 0.3) is 0 Å². The molecule has 1 saturated heterocycles. The summed E-state index contributed by atoms with van der Waals surface area (Å²) in [7, 11) is 0. The number of aromatic nitrogens is 4. The van der Waals surface area contributed by atoms with Gasteiger partial charge in [-0.2, -0.15) is 5.10 Å². The van der Waals surface area contributed by atoms with Crippen molar-refractivity contribution >= 4 is 17.6 Å². The van der Waals surface area contributed by atoms with Gasteiger partial charge >= 0.3 is 0 Å². The molecule has 2 aliphatic heterocycles. The number of rotatable bonds is 3. The van der Waals surface area contributed by atoms with Crippen LogP contribution >= 0.6 is 11.8 Å². The van der Waals surface area contributed by atoms with Gasteiger partial charge in [-0.15, -0.1) is 0 Å². The third-order valence-electron chi connectivity index (χ3n) is 6.10. The fraction of sp³-hybridized carbons (Fsp3) is 0.350. The monoisotopic (exact) mass is 432 g/mol. The highest BCUT2D eigenvalue weighted by molar-refractivity contribution is 7.99. The molecule has 1 spiro atoms. The molecule has 0 unspecified atom stereocenters. The molecule has 10 heteroatoms. The topological polar surface area (TPSA) is 72.9 Å². The fourth-order valence-electron chi connectivity index (χ4n) is 4.32. The van der Waals surface area contributed by atoms with Crippen molar-refractivity contribution < 1.29 is 13.2 Å². The van der Waals surface area contributed by atoms with Gasteiger partial charge in [0.1, 0.15) is 10.8 Å². The standard InChI is InChI=1S/C20H19F3N6S/c21-12-1-2-14(18(23)17(12)22)30-16-10-25-15(9-26-16)28-7-4-20(5-8-28)11-29-13(19(20)24)3-6-27-29/h1-3,6,9-10,19H,4-5,7-8,11,24H2/t19-/m1/s1. The second-order valence-corrected chi connectivity index (χ2v) is 8.79. The Morgan fingerprint density at radius 3 is 2.53 bits per heavy atom. The molecule has 1 fully saturated rings. The summed E-state index contributed by atoms with van der Waals surface area (Å²) in [6.45, 7) is 2.44. The van der Waals surface area contributed by atoms with Crippen LogP contribution in [-0.2, 0) is 6.54 Å². The number of halogens is 3. The molecule has 4 heterocycles. The molecule has 0 bridgehead atoms. The molecule has 0 radical (unpaired) electrons. The Bertz CT molecular complexity index is 1080. The lowest BCUT2D eigenvalue weighted by molar-refractivity contribution is 0.170. The maximum Gasteiger partial charge on any atom is 0.195 e. The van der Waals surface area contributed by atoms with Gasteiger partial charge in [0.05, 0.1) is 29.0 Å². The molecular formula is C20H19F3N6S. The van der Waals surface area contributed by atoms with Crippen LogP contribution in [0.1, 0.15) is 24.6 Å². The Balaban J connectivity index is 1.25. The van der Waals surface area contributed by atoms with Crippen molar-refractivity contribution in [2.75, 3.05) is 18.0 Å². The third kappa shape index (κ3) is 3.14. The number of piperidine rings is 1. The second-order valence-electron chi connectivity index (χ2n) is 7.73. The fourth-order valence-corrected chi connectivity index (χ4v) is 5.08. The van der Waals surface area contributed by atoms with Crippen molar-refractivity contribution in [3.8, 4) is 0 Å². The minimum Gasteiger partial charge on any atom is -0.355 e. The van der Waals surface area contributed by atoms with E-state index in [1.807, 2.05) is 10.7 Å². The first-order chi connectivity index (χ1) is 14.5. The molecule has 2 N–H and O–H groups in total. The zero-order valence-corrected chi connectivity index (χ0v) is 16.7. The second kappa shape index (κ2) is 7.28. The van der Waals surface area contributed by atoms with Crippen LogP contribution in [0, 0.1) is 22.9 Å². The molecule has 2 aliphatic rings. The van der Waals surface area contributed by atoms with Crippen LogP contribution in [0.2, 0.25) is 0 Å². The smallest absolute Gasteiger partial charge is 0.195 e. The van der Waals surface area contributed by atoms with Crippen molar-refractivity contribution in [1.29, 1.82) is 0 Å². The Morgan fingerprint density at radius 2 is 1.83 bits per heavy atom. The number of fused-ring (bicyclic) bond motifs is 1. The van der Waals surface area contributed by atoms with Gasteiger partial charge < -0.3 is 10.6 Å². The lowest BCUT2D eigenvalue weighted by Crippen LogP contribution is -2.45. The zero-order chi connectivity index (χ0) is 20.9.